The zero-order valence-electron chi connectivity index (χ0n) is 14.5. The first-order chi connectivity index (χ1) is 12.2. The molecule has 0 spiro atoms. The fourth-order valence-electron chi connectivity index (χ4n) is 2.93. The van der Waals surface area contributed by atoms with Crippen LogP contribution < -0.4 is 15.2 Å². The minimum Gasteiger partial charge on any atom is -0.490 e. The predicted octanol–water partition coefficient (Wildman–Crippen LogP) is 3.44. The van der Waals surface area contributed by atoms with Crippen LogP contribution in [0, 0.1) is 0 Å². The average Bonchev–Trinajstić information content (AvgIpc) is 2.64. The van der Waals surface area contributed by atoms with E-state index in [1.165, 1.54) is 0 Å². The van der Waals surface area contributed by atoms with Gasteiger partial charge in [-0.15, -0.1) is 0 Å². The zero-order chi connectivity index (χ0) is 17.6. The van der Waals surface area contributed by atoms with Crippen molar-refractivity contribution in [2.24, 2.45) is 5.73 Å². The highest BCUT2D eigenvalue weighted by atomic mass is 16.5. The van der Waals surface area contributed by atoms with Crippen molar-refractivity contribution in [2.75, 3.05) is 19.7 Å². The van der Waals surface area contributed by atoms with Crippen molar-refractivity contribution in [3.05, 3.63) is 54.1 Å². The quantitative estimate of drug-likeness (QED) is 0.905. The highest BCUT2D eigenvalue weighted by molar-refractivity contribution is 5.97. The highest BCUT2D eigenvalue weighted by Gasteiger charge is 2.24. The van der Waals surface area contributed by atoms with E-state index in [0.717, 1.165) is 12.8 Å². The third kappa shape index (κ3) is 4.12. The first-order valence-electron chi connectivity index (χ1n) is 8.72. The first kappa shape index (κ1) is 17.3. The molecule has 5 heteroatoms. The minimum absolute atomic E-state index is 0.0172. The number of rotatable bonds is 5. The molecule has 1 aliphatic heterocycles. The van der Waals surface area contributed by atoms with E-state index in [2.05, 4.69) is 0 Å². The van der Waals surface area contributed by atoms with Gasteiger partial charge in [-0.3, -0.25) is 4.79 Å². The van der Waals surface area contributed by atoms with Gasteiger partial charge in [0.2, 0.25) is 0 Å². The van der Waals surface area contributed by atoms with Crippen molar-refractivity contribution in [1.82, 2.24) is 4.90 Å². The van der Waals surface area contributed by atoms with Crippen molar-refractivity contribution < 1.29 is 14.3 Å². The lowest BCUT2D eigenvalue weighted by Gasteiger charge is -2.30. The molecule has 1 fully saturated rings. The van der Waals surface area contributed by atoms with Crippen LogP contribution in [0.2, 0.25) is 0 Å². The number of carbonyl (C=O) groups is 1. The lowest BCUT2D eigenvalue weighted by molar-refractivity contribution is 0.0712. The number of likely N-dealkylation sites (tertiary alicyclic amines) is 1. The number of nitrogens with zero attached hydrogens (tertiary/aromatic N) is 1. The molecule has 25 heavy (non-hydrogen) atoms. The molecule has 2 aromatic rings. The van der Waals surface area contributed by atoms with E-state index in [9.17, 15) is 4.79 Å². The average molecular weight is 340 g/mol. The molecule has 132 valence electrons. The van der Waals surface area contributed by atoms with Gasteiger partial charge < -0.3 is 20.1 Å². The van der Waals surface area contributed by atoms with Crippen LogP contribution in [0.15, 0.2) is 48.5 Å². The summed E-state index contributed by atoms with van der Waals surface area (Å²) in [4.78, 5) is 14.7. The fraction of sp³-hybridized carbons (Fsp3) is 0.350. The number of piperidine rings is 1. The number of carbonyl (C=O) groups excluding carboxylic acids is 1. The van der Waals surface area contributed by atoms with Crippen LogP contribution in [0.5, 0.6) is 17.2 Å². The number of amides is 1. The van der Waals surface area contributed by atoms with Gasteiger partial charge in [-0.2, -0.15) is 0 Å². The Hall–Kier alpha value is -2.53. The van der Waals surface area contributed by atoms with Crippen LogP contribution in [-0.2, 0) is 0 Å². The van der Waals surface area contributed by atoms with Crippen LogP contribution in [-0.4, -0.2) is 36.5 Å². The smallest absolute Gasteiger partial charge is 0.257 e. The number of ether oxygens (including phenoxy) is 2. The van der Waals surface area contributed by atoms with Gasteiger partial charge >= 0.3 is 0 Å². The topological polar surface area (TPSA) is 64.8 Å². The lowest BCUT2D eigenvalue weighted by Crippen LogP contribution is -2.42. The molecule has 1 amide bonds. The second kappa shape index (κ2) is 8.03. The molecule has 0 unspecified atom stereocenters. The monoisotopic (exact) mass is 340 g/mol. The molecular formula is C20H24N2O3. The van der Waals surface area contributed by atoms with E-state index in [-0.39, 0.29) is 11.9 Å². The van der Waals surface area contributed by atoms with Crippen molar-refractivity contribution in [2.45, 2.75) is 25.8 Å². The van der Waals surface area contributed by atoms with Crippen molar-refractivity contribution in [3.63, 3.8) is 0 Å². The Morgan fingerprint density at radius 2 is 1.64 bits per heavy atom. The molecule has 1 aliphatic rings. The molecule has 1 saturated heterocycles. The van der Waals surface area contributed by atoms with E-state index in [4.69, 9.17) is 15.2 Å². The van der Waals surface area contributed by atoms with Gasteiger partial charge in [0.05, 0.1) is 12.2 Å². The maximum Gasteiger partial charge on any atom is 0.257 e. The summed E-state index contributed by atoms with van der Waals surface area (Å²) >= 11 is 0. The van der Waals surface area contributed by atoms with E-state index < -0.39 is 0 Å². The Morgan fingerprint density at radius 1 is 1.04 bits per heavy atom. The van der Waals surface area contributed by atoms with Crippen molar-refractivity contribution in [3.8, 4) is 17.2 Å². The maximum absolute atomic E-state index is 12.9. The molecule has 0 aromatic heterocycles. The van der Waals surface area contributed by atoms with Gasteiger partial charge in [-0.05, 0) is 44.0 Å². The fourth-order valence-corrected chi connectivity index (χ4v) is 2.93. The highest BCUT2D eigenvalue weighted by Crippen LogP contribution is 2.33. The minimum atomic E-state index is -0.0172. The standard InChI is InChI=1S/C20H24N2O3/c1-2-24-18-9-5-6-10-19(18)25-17-8-4-3-7-16(17)20(23)22-13-11-15(21)12-14-22/h3-10,15H,2,11-14,21H2,1H3. The summed E-state index contributed by atoms with van der Waals surface area (Å²) in [5.41, 5.74) is 6.50. The Morgan fingerprint density at radius 3 is 2.32 bits per heavy atom. The van der Waals surface area contributed by atoms with Gasteiger partial charge in [0.25, 0.3) is 5.91 Å². The summed E-state index contributed by atoms with van der Waals surface area (Å²) in [6, 6.07) is 15.0. The molecule has 0 bridgehead atoms. The Balaban J connectivity index is 1.83. The second-order valence-electron chi connectivity index (χ2n) is 6.11. The third-order valence-corrected chi connectivity index (χ3v) is 4.31. The van der Waals surface area contributed by atoms with E-state index >= 15 is 0 Å². The molecule has 2 N–H and O–H groups in total. The third-order valence-electron chi connectivity index (χ3n) is 4.31. The summed E-state index contributed by atoms with van der Waals surface area (Å²) in [6.07, 6.45) is 1.67. The number of nitrogens with two attached hydrogens (primary N) is 1. The molecule has 0 atom stereocenters. The molecule has 2 aromatic carbocycles. The zero-order valence-corrected chi connectivity index (χ0v) is 14.5. The first-order valence-corrected chi connectivity index (χ1v) is 8.72. The number of hydrogen-bond acceptors (Lipinski definition) is 4. The molecule has 0 aliphatic carbocycles. The van der Waals surface area contributed by atoms with Gasteiger partial charge in [0, 0.05) is 19.1 Å². The normalized spacial score (nSPS) is 15.0. The Kier molecular flexibility index (Phi) is 5.56. The molecule has 0 saturated carbocycles. The van der Waals surface area contributed by atoms with Gasteiger partial charge in [0.1, 0.15) is 5.75 Å². The maximum atomic E-state index is 12.9. The second-order valence-corrected chi connectivity index (χ2v) is 6.11. The van der Waals surface area contributed by atoms with Crippen LogP contribution in [0.1, 0.15) is 30.1 Å². The predicted molar refractivity (Wildman–Crippen MR) is 97.2 cm³/mol. The Bertz CT molecular complexity index is 724. The molecule has 5 nitrogen and oxygen atoms in total. The van der Waals surface area contributed by atoms with Crippen molar-refractivity contribution in [1.29, 1.82) is 0 Å². The molecule has 1 heterocycles. The molecular weight excluding hydrogens is 316 g/mol. The van der Waals surface area contributed by atoms with E-state index in [1.807, 2.05) is 54.3 Å². The SMILES string of the molecule is CCOc1ccccc1Oc1ccccc1C(=O)N1CCC(N)CC1. The summed E-state index contributed by atoms with van der Waals surface area (Å²) in [7, 11) is 0. The van der Waals surface area contributed by atoms with Crippen LogP contribution in [0.4, 0.5) is 0 Å². The van der Waals surface area contributed by atoms with Gasteiger partial charge in [-0.1, -0.05) is 24.3 Å². The largest absolute Gasteiger partial charge is 0.490 e. The number of para-hydroxylation sites is 3. The summed E-state index contributed by atoms with van der Waals surface area (Å²) < 4.78 is 11.6. The number of benzene rings is 2. The summed E-state index contributed by atoms with van der Waals surface area (Å²) in [6.45, 7) is 3.85. The van der Waals surface area contributed by atoms with E-state index in [1.54, 1.807) is 6.07 Å². The van der Waals surface area contributed by atoms with Crippen LogP contribution >= 0.6 is 0 Å². The summed E-state index contributed by atoms with van der Waals surface area (Å²) in [5, 5.41) is 0. The van der Waals surface area contributed by atoms with Crippen molar-refractivity contribution >= 4 is 5.91 Å². The van der Waals surface area contributed by atoms with Gasteiger partial charge in [0.15, 0.2) is 11.5 Å². The molecule has 3 rings (SSSR count). The Labute approximate surface area is 148 Å². The number of hydrogen-bond donors (Lipinski definition) is 1. The van der Waals surface area contributed by atoms with Crippen LogP contribution in [0.25, 0.3) is 0 Å². The van der Waals surface area contributed by atoms with Crippen LogP contribution in [0.3, 0.4) is 0 Å². The lowest BCUT2D eigenvalue weighted by atomic mass is 10.0. The molecule has 0 radical (unpaired) electrons. The van der Waals surface area contributed by atoms with E-state index in [0.29, 0.717) is 42.5 Å². The van der Waals surface area contributed by atoms with Gasteiger partial charge in [-0.25, -0.2) is 0 Å². The summed E-state index contributed by atoms with van der Waals surface area (Å²) in [5.74, 6) is 1.78.